The van der Waals surface area contributed by atoms with E-state index in [4.69, 9.17) is 9.47 Å². The Morgan fingerprint density at radius 2 is 1.83 bits per heavy atom. The smallest absolute Gasteiger partial charge is 0.267 e. The van der Waals surface area contributed by atoms with Crippen LogP contribution < -0.4 is 20.3 Å². The molecule has 3 aromatic heterocycles. The monoisotopic (exact) mass is 491 g/mol. The maximum Gasteiger partial charge on any atom is 0.267 e. The van der Waals surface area contributed by atoms with E-state index in [0.29, 0.717) is 30.2 Å². The highest BCUT2D eigenvalue weighted by Gasteiger charge is 2.18. The molecule has 0 spiro atoms. The number of aromatic nitrogens is 4. The fraction of sp³-hybridized carbons (Fsp3) is 0.240. The fourth-order valence-electron chi connectivity index (χ4n) is 3.48. The van der Waals surface area contributed by atoms with Crippen LogP contribution in [0.25, 0.3) is 21.8 Å². The molecule has 0 radical (unpaired) electrons. The zero-order chi connectivity index (χ0) is 24.8. The van der Waals surface area contributed by atoms with E-state index >= 15 is 0 Å². The summed E-state index contributed by atoms with van der Waals surface area (Å²) in [7, 11) is 3.19. The van der Waals surface area contributed by atoms with E-state index in [0.717, 1.165) is 21.8 Å². The molecule has 0 bridgehead atoms. The fourth-order valence-corrected chi connectivity index (χ4v) is 4.33. The number of hydrogen-bond donors (Lipinski definition) is 1. The maximum atomic E-state index is 12.7. The van der Waals surface area contributed by atoms with E-state index in [1.165, 1.54) is 22.1 Å². The van der Waals surface area contributed by atoms with Crippen LogP contribution in [0.5, 0.6) is 11.5 Å². The van der Waals surface area contributed by atoms with Crippen LogP contribution >= 0.6 is 11.3 Å². The van der Waals surface area contributed by atoms with E-state index in [9.17, 15) is 9.59 Å². The second-order valence-electron chi connectivity index (χ2n) is 7.67. The lowest BCUT2D eigenvalue weighted by Crippen LogP contribution is -2.37. The molecule has 1 amide bonds. The van der Waals surface area contributed by atoms with Crippen LogP contribution in [0, 0.1) is 0 Å². The Kier molecular flexibility index (Phi) is 7.51. The average Bonchev–Trinajstić information content (AvgIpc) is 3.37. The lowest BCUT2D eigenvalue weighted by atomic mass is 10.2. The van der Waals surface area contributed by atoms with Gasteiger partial charge in [-0.2, -0.15) is 5.10 Å². The molecule has 0 aliphatic rings. The van der Waals surface area contributed by atoms with Crippen molar-refractivity contribution in [3.05, 3.63) is 76.3 Å². The Hall–Kier alpha value is -4.05. The number of benzene rings is 1. The van der Waals surface area contributed by atoms with Gasteiger partial charge in [0.25, 0.3) is 5.56 Å². The van der Waals surface area contributed by atoms with E-state index in [2.05, 4.69) is 20.4 Å². The highest BCUT2D eigenvalue weighted by atomic mass is 32.1. The number of amides is 1. The van der Waals surface area contributed by atoms with Crippen LogP contribution in [0.1, 0.15) is 18.7 Å². The van der Waals surface area contributed by atoms with Gasteiger partial charge in [0.2, 0.25) is 5.91 Å². The number of hydrogen-bond acceptors (Lipinski definition) is 8. The Morgan fingerprint density at radius 1 is 1.06 bits per heavy atom. The van der Waals surface area contributed by atoms with Crippen LogP contribution in [0.2, 0.25) is 0 Å². The van der Waals surface area contributed by atoms with Gasteiger partial charge in [-0.3, -0.25) is 14.6 Å². The number of ether oxygens (including phenoxy) is 2. The molecule has 0 fully saturated rings. The van der Waals surface area contributed by atoms with Crippen molar-refractivity contribution in [3.8, 4) is 33.3 Å². The molecule has 10 heteroatoms. The molecular weight excluding hydrogens is 466 g/mol. The summed E-state index contributed by atoms with van der Waals surface area (Å²) >= 11 is 1.52. The third-order valence-corrected chi connectivity index (χ3v) is 6.35. The molecule has 0 aliphatic carbocycles. The number of rotatable bonds is 9. The van der Waals surface area contributed by atoms with Gasteiger partial charge in [-0.05, 0) is 43.3 Å². The molecule has 9 nitrogen and oxygen atoms in total. The van der Waals surface area contributed by atoms with Crippen molar-refractivity contribution < 1.29 is 14.3 Å². The predicted molar refractivity (Wildman–Crippen MR) is 134 cm³/mol. The minimum absolute atomic E-state index is 0.290. The molecule has 4 rings (SSSR count). The number of methoxy groups -OCH3 is 2. The van der Waals surface area contributed by atoms with Crippen molar-refractivity contribution >= 4 is 17.2 Å². The summed E-state index contributed by atoms with van der Waals surface area (Å²) in [5.74, 6) is 1.01. The first-order valence-electron chi connectivity index (χ1n) is 10.9. The molecule has 1 aromatic carbocycles. The second-order valence-corrected chi connectivity index (χ2v) is 8.53. The Morgan fingerprint density at radius 3 is 2.57 bits per heavy atom. The van der Waals surface area contributed by atoms with E-state index in [1.807, 2.05) is 23.6 Å². The van der Waals surface area contributed by atoms with Gasteiger partial charge < -0.3 is 14.8 Å². The summed E-state index contributed by atoms with van der Waals surface area (Å²) in [4.78, 5) is 33.7. The van der Waals surface area contributed by atoms with Gasteiger partial charge in [0.15, 0.2) is 11.5 Å². The number of nitrogens with zero attached hydrogens (tertiary/aromatic N) is 4. The summed E-state index contributed by atoms with van der Waals surface area (Å²) in [6, 6.07) is 11.5. The molecule has 0 aliphatic heterocycles. The van der Waals surface area contributed by atoms with Crippen LogP contribution in [0.3, 0.4) is 0 Å². The quantitative estimate of drug-likeness (QED) is 0.382. The first kappa shape index (κ1) is 24.1. The van der Waals surface area contributed by atoms with Gasteiger partial charge in [0.1, 0.15) is 11.0 Å². The molecule has 1 atom stereocenters. The van der Waals surface area contributed by atoms with Gasteiger partial charge in [-0.15, -0.1) is 11.3 Å². The molecule has 3 heterocycles. The average molecular weight is 492 g/mol. The third-order valence-electron chi connectivity index (χ3n) is 5.41. The molecule has 0 saturated carbocycles. The highest BCUT2D eigenvalue weighted by Crippen LogP contribution is 2.33. The van der Waals surface area contributed by atoms with Crippen molar-refractivity contribution in [3.63, 3.8) is 0 Å². The third kappa shape index (κ3) is 5.55. The minimum Gasteiger partial charge on any atom is -0.493 e. The lowest BCUT2D eigenvalue weighted by molar-refractivity contribution is -0.124. The summed E-state index contributed by atoms with van der Waals surface area (Å²) < 4.78 is 11.9. The van der Waals surface area contributed by atoms with Gasteiger partial charge >= 0.3 is 0 Å². The predicted octanol–water partition coefficient (Wildman–Crippen LogP) is 3.37. The van der Waals surface area contributed by atoms with Crippen molar-refractivity contribution in [2.45, 2.75) is 19.4 Å². The second kappa shape index (κ2) is 10.9. The summed E-state index contributed by atoms with van der Waals surface area (Å²) in [6.45, 7) is 2.04. The first-order valence-corrected chi connectivity index (χ1v) is 11.8. The SMILES string of the molecule is COc1ccc(-c2nc(CCNC(=O)C(C)n3nc(-c4ccncc4)ccc3=O)cs2)cc1OC. The van der Waals surface area contributed by atoms with Crippen molar-refractivity contribution in [1.29, 1.82) is 0 Å². The maximum absolute atomic E-state index is 12.7. The molecule has 35 heavy (non-hydrogen) atoms. The Labute approximate surface area is 206 Å². The van der Waals surface area contributed by atoms with Crippen molar-refractivity contribution in [2.75, 3.05) is 20.8 Å². The number of thiazole rings is 1. The zero-order valence-electron chi connectivity index (χ0n) is 19.6. The molecular formula is C25H25N5O4S. The van der Waals surface area contributed by atoms with Gasteiger partial charge in [-0.1, -0.05) is 0 Å². The molecule has 0 saturated heterocycles. The number of carbonyl (C=O) groups is 1. The topological polar surface area (TPSA) is 108 Å². The summed E-state index contributed by atoms with van der Waals surface area (Å²) in [6.07, 6.45) is 3.86. The number of carbonyl (C=O) groups excluding carboxylic acids is 1. The normalized spacial score (nSPS) is 11.6. The van der Waals surface area contributed by atoms with Gasteiger partial charge in [-0.25, -0.2) is 9.67 Å². The van der Waals surface area contributed by atoms with Gasteiger partial charge in [0.05, 0.1) is 25.6 Å². The number of nitrogens with one attached hydrogen (secondary N) is 1. The molecule has 1 unspecified atom stereocenters. The Bertz CT molecular complexity index is 1370. The van der Waals surface area contributed by atoms with E-state index in [-0.39, 0.29) is 11.5 Å². The molecule has 4 aromatic rings. The first-order chi connectivity index (χ1) is 17.0. The van der Waals surface area contributed by atoms with Crippen molar-refractivity contribution in [2.24, 2.45) is 0 Å². The van der Waals surface area contributed by atoms with Gasteiger partial charge in [0, 0.05) is 47.9 Å². The van der Waals surface area contributed by atoms with E-state index in [1.54, 1.807) is 51.7 Å². The zero-order valence-corrected chi connectivity index (χ0v) is 20.4. The highest BCUT2D eigenvalue weighted by molar-refractivity contribution is 7.13. The Balaban J connectivity index is 1.38. The summed E-state index contributed by atoms with van der Waals surface area (Å²) in [5, 5.41) is 10.1. The molecule has 1 N–H and O–H groups in total. The van der Waals surface area contributed by atoms with Crippen LogP contribution in [0.15, 0.2) is 65.0 Å². The van der Waals surface area contributed by atoms with Crippen molar-refractivity contribution in [1.82, 2.24) is 25.1 Å². The summed E-state index contributed by atoms with van der Waals surface area (Å²) in [5.41, 5.74) is 2.86. The van der Waals surface area contributed by atoms with Crippen LogP contribution in [0.4, 0.5) is 0 Å². The number of pyridine rings is 1. The largest absolute Gasteiger partial charge is 0.493 e. The minimum atomic E-state index is -0.762. The van der Waals surface area contributed by atoms with Crippen LogP contribution in [-0.4, -0.2) is 46.4 Å². The standard InChI is InChI=1S/C25H25N5O4S/c1-16(30-23(31)7-5-20(29-30)17-8-11-26-12-9-17)24(32)27-13-10-19-15-35-25(28-19)18-4-6-21(33-2)22(14-18)34-3/h4-9,11-12,14-16H,10,13H2,1-3H3,(H,27,32). The molecule has 180 valence electrons. The van der Waals surface area contributed by atoms with Crippen LogP contribution in [-0.2, 0) is 11.2 Å². The van der Waals surface area contributed by atoms with E-state index < -0.39 is 6.04 Å². The lowest BCUT2D eigenvalue weighted by Gasteiger charge is -2.14.